The van der Waals surface area contributed by atoms with Gasteiger partial charge in [-0.2, -0.15) is 0 Å². The number of fused-ring (bicyclic) bond motifs is 1. The number of hydrogen-bond donors (Lipinski definition) is 1. The van der Waals surface area contributed by atoms with Crippen LogP contribution in [0.2, 0.25) is 0 Å². The first-order chi connectivity index (χ1) is 14.1. The van der Waals surface area contributed by atoms with E-state index in [-0.39, 0.29) is 17.3 Å². The van der Waals surface area contributed by atoms with Crippen LogP contribution in [0.15, 0.2) is 30.6 Å². The van der Waals surface area contributed by atoms with Gasteiger partial charge in [0.15, 0.2) is 5.82 Å². The molecule has 29 heavy (non-hydrogen) atoms. The molecule has 1 saturated heterocycles. The van der Waals surface area contributed by atoms with Gasteiger partial charge in [-0.3, -0.25) is 4.79 Å². The Morgan fingerprint density at radius 3 is 2.69 bits per heavy atom. The second-order valence-corrected chi connectivity index (χ2v) is 8.14. The third-order valence-electron chi connectivity index (χ3n) is 5.30. The van der Waals surface area contributed by atoms with Crippen molar-refractivity contribution in [2.24, 2.45) is 0 Å². The number of amides is 1. The van der Waals surface area contributed by atoms with Gasteiger partial charge >= 0.3 is 0 Å². The molecule has 7 nitrogen and oxygen atoms in total. The molecule has 9 heteroatoms. The van der Waals surface area contributed by atoms with Gasteiger partial charge in [-0.05, 0) is 25.0 Å². The quantitative estimate of drug-likeness (QED) is 0.668. The molecule has 0 aliphatic carbocycles. The second-order valence-electron chi connectivity index (χ2n) is 7.14. The zero-order valence-corrected chi connectivity index (χ0v) is 16.5. The number of thiazole rings is 1. The Bertz CT molecular complexity index is 1080. The molecule has 0 saturated carbocycles. The minimum absolute atomic E-state index is 0.0273. The van der Waals surface area contributed by atoms with Gasteiger partial charge in [-0.1, -0.05) is 6.07 Å². The molecule has 1 aromatic carbocycles. The van der Waals surface area contributed by atoms with Crippen LogP contribution in [-0.4, -0.2) is 40.5 Å². The first-order valence-electron chi connectivity index (χ1n) is 9.55. The van der Waals surface area contributed by atoms with Crippen LogP contribution in [0.3, 0.4) is 0 Å². The van der Waals surface area contributed by atoms with E-state index in [1.54, 1.807) is 24.5 Å². The van der Waals surface area contributed by atoms with Crippen molar-refractivity contribution in [1.82, 2.24) is 15.0 Å². The molecule has 5 rings (SSSR count). The molecule has 0 bridgehead atoms. The van der Waals surface area contributed by atoms with Crippen LogP contribution in [0, 0.1) is 5.82 Å². The average molecular weight is 410 g/mol. The molecule has 2 aliphatic heterocycles. The first-order valence-corrected chi connectivity index (χ1v) is 10.4. The number of carbonyl (C=O) groups excluding carboxylic acids is 1. The summed E-state index contributed by atoms with van der Waals surface area (Å²) in [5.41, 5.74) is 7.25. The van der Waals surface area contributed by atoms with Gasteiger partial charge in [-0.25, -0.2) is 19.3 Å². The molecule has 0 radical (unpaired) electrons. The fraction of sp³-hybridized carbons (Fsp3) is 0.300. The molecule has 2 N–H and O–H groups in total. The summed E-state index contributed by atoms with van der Waals surface area (Å²) in [7, 11) is 0. The minimum atomic E-state index is -0.572. The lowest BCUT2D eigenvalue weighted by Crippen LogP contribution is -2.37. The molecule has 0 atom stereocenters. The van der Waals surface area contributed by atoms with E-state index in [1.165, 1.54) is 35.1 Å². The Kier molecular flexibility index (Phi) is 4.39. The zero-order chi connectivity index (χ0) is 20.0. The van der Waals surface area contributed by atoms with E-state index in [9.17, 15) is 9.18 Å². The highest BCUT2D eigenvalue weighted by molar-refractivity contribution is 7.17. The summed E-state index contributed by atoms with van der Waals surface area (Å²) in [4.78, 5) is 30.8. The van der Waals surface area contributed by atoms with Gasteiger partial charge in [0.25, 0.3) is 5.91 Å². The van der Waals surface area contributed by atoms with E-state index in [1.807, 2.05) is 0 Å². The van der Waals surface area contributed by atoms with Crippen molar-refractivity contribution in [3.8, 4) is 10.7 Å². The van der Waals surface area contributed by atoms with Crippen LogP contribution in [0.25, 0.3) is 10.7 Å². The Hall–Kier alpha value is -3.07. The number of nitrogens with zero attached hydrogens (tertiary/aromatic N) is 5. The third kappa shape index (κ3) is 3.11. The van der Waals surface area contributed by atoms with Crippen LogP contribution >= 0.6 is 11.3 Å². The largest absolute Gasteiger partial charge is 0.396 e. The fourth-order valence-electron chi connectivity index (χ4n) is 3.76. The van der Waals surface area contributed by atoms with E-state index in [4.69, 9.17) is 5.73 Å². The molecular formula is C20H19FN6OS. The Morgan fingerprint density at radius 1 is 1.10 bits per heavy atom. The zero-order valence-electron chi connectivity index (χ0n) is 15.6. The maximum absolute atomic E-state index is 14.4. The summed E-state index contributed by atoms with van der Waals surface area (Å²) in [5.74, 6) is 0.0329. The van der Waals surface area contributed by atoms with Crippen LogP contribution in [-0.2, 0) is 6.42 Å². The summed E-state index contributed by atoms with van der Waals surface area (Å²) in [6, 6.07) is 4.69. The highest BCUT2D eigenvalue weighted by Gasteiger charge is 2.31. The number of rotatable bonds is 3. The molecular weight excluding hydrogens is 391 g/mol. The molecule has 1 fully saturated rings. The summed E-state index contributed by atoms with van der Waals surface area (Å²) in [6.07, 6.45) is 6.37. The summed E-state index contributed by atoms with van der Waals surface area (Å²) in [5, 5.41) is 0.652. The lowest BCUT2D eigenvalue weighted by molar-refractivity contribution is 0.0983. The summed E-state index contributed by atoms with van der Waals surface area (Å²) >= 11 is 1.27. The van der Waals surface area contributed by atoms with Crippen LogP contribution in [0.1, 0.15) is 28.2 Å². The van der Waals surface area contributed by atoms with Crippen LogP contribution in [0.5, 0.6) is 0 Å². The van der Waals surface area contributed by atoms with E-state index in [0.29, 0.717) is 28.5 Å². The lowest BCUT2D eigenvalue weighted by Gasteiger charge is -2.26. The van der Waals surface area contributed by atoms with Crippen LogP contribution in [0.4, 0.5) is 21.6 Å². The Balaban J connectivity index is 1.43. The van der Waals surface area contributed by atoms with Crippen molar-refractivity contribution in [1.29, 1.82) is 0 Å². The van der Waals surface area contributed by atoms with Crippen molar-refractivity contribution >= 4 is 34.4 Å². The normalized spacial score (nSPS) is 16.4. The van der Waals surface area contributed by atoms with E-state index in [2.05, 4.69) is 19.9 Å². The maximum atomic E-state index is 14.4. The predicted molar refractivity (Wildman–Crippen MR) is 111 cm³/mol. The van der Waals surface area contributed by atoms with Crippen molar-refractivity contribution < 1.29 is 9.18 Å². The molecule has 0 unspecified atom stereocenters. The molecule has 3 aromatic rings. The SMILES string of the molecule is Nc1cccc(N2CCc3nc(-c4cnc(N5CCCC5)cn4)sc3C2=O)c1F. The van der Waals surface area contributed by atoms with Gasteiger partial charge in [-0.15, -0.1) is 11.3 Å². The number of carbonyl (C=O) groups is 1. The number of aromatic nitrogens is 3. The van der Waals surface area contributed by atoms with Gasteiger partial charge in [0.1, 0.15) is 21.4 Å². The topological polar surface area (TPSA) is 88.2 Å². The smallest absolute Gasteiger partial charge is 0.270 e. The highest BCUT2D eigenvalue weighted by Crippen LogP contribution is 2.34. The number of nitrogen functional groups attached to an aromatic ring is 1. The van der Waals surface area contributed by atoms with Crippen LogP contribution < -0.4 is 15.5 Å². The summed E-state index contributed by atoms with van der Waals surface area (Å²) in [6.45, 7) is 2.36. The average Bonchev–Trinajstić information content (AvgIpc) is 3.41. The standard InChI is InChI=1S/C20H19FN6OS/c21-17-12(22)4-3-5-15(17)27-9-6-13-18(20(27)28)29-19(25-13)14-10-24-16(11-23-14)26-7-1-2-8-26/h3-5,10-11H,1-2,6-9,22H2. The minimum Gasteiger partial charge on any atom is -0.396 e. The fourth-order valence-corrected chi connectivity index (χ4v) is 4.78. The van der Waals surface area contributed by atoms with Gasteiger partial charge in [0, 0.05) is 26.1 Å². The van der Waals surface area contributed by atoms with Crippen molar-refractivity contribution in [2.45, 2.75) is 19.3 Å². The number of nitrogens with two attached hydrogens (primary N) is 1. The molecule has 2 aliphatic rings. The maximum Gasteiger partial charge on any atom is 0.270 e. The molecule has 0 spiro atoms. The second kappa shape index (κ2) is 7.07. The summed E-state index contributed by atoms with van der Waals surface area (Å²) < 4.78 is 14.4. The number of halogens is 1. The van der Waals surface area contributed by atoms with E-state index >= 15 is 0 Å². The third-order valence-corrected chi connectivity index (χ3v) is 6.40. The molecule has 1 amide bonds. The van der Waals surface area contributed by atoms with E-state index in [0.717, 1.165) is 24.6 Å². The lowest BCUT2D eigenvalue weighted by atomic mass is 10.1. The monoisotopic (exact) mass is 410 g/mol. The van der Waals surface area contributed by atoms with E-state index < -0.39 is 5.82 Å². The first kappa shape index (κ1) is 18.0. The molecule has 2 aromatic heterocycles. The Morgan fingerprint density at radius 2 is 1.93 bits per heavy atom. The van der Waals surface area contributed by atoms with Crippen molar-refractivity contribution in [3.63, 3.8) is 0 Å². The highest BCUT2D eigenvalue weighted by atomic mass is 32.1. The number of hydrogen-bond acceptors (Lipinski definition) is 7. The van der Waals surface area contributed by atoms with Gasteiger partial charge < -0.3 is 15.5 Å². The molecule has 148 valence electrons. The van der Waals surface area contributed by atoms with Gasteiger partial charge in [0.2, 0.25) is 0 Å². The molecule has 4 heterocycles. The van der Waals surface area contributed by atoms with Gasteiger partial charge in [0.05, 0.1) is 29.5 Å². The van der Waals surface area contributed by atoms with Crippen molar-refractivity contribution in [3.05, 3.63) is 47.0 Å². The van der Waals surface area contributed by atoms with Crippen molar-refractivity contribution in [2.75, 3.05) is 35.2 Å². The number of benzene rings is 1. The Labute approximate surface area is 171 Å². The number of anilines is 3. The predicted octanol–water partition coefficient (Wildman–Crippen LogP) is 3.12.